The summed E-state index contributed by atoms with van der Waals surface area (Å²) in [6.07, 6.45) is 5.10. The van der Waals surface area contributed by atoms with E-state index >= 15 is 0 Å². The van der Waals surface area contributed by atoms with Crippen LogP contribution in [0.1, 0.15) is 19.5 Å². The highest BCUT2D eigenvalue weighted by Crippen LogP contribution is 2.13. The van der Waals surface area contributed by atoms with Crippen molar-refractivity contribution < 1.29 is 0 Å². The Hall–Kier alpha value is -1.71. The lowest BCUT2D eigenvalue weighted by Crippen LogP contribution is -1.85. The zero-order valence-electron chi connectivity index (χ0n) is 8.65. The van der Waals surface area contributed by atoms with Crippen LogP contribution < -0.4 is 0 Å². The number of rotatable bonds is 1. The Balaban J connectivity index is 0.000000461. The molecule has 0 saturated carbocycles. The van der Waals surface area contributed by atoms with Gasteiger partial charge in [0, 0.05) is 17.5 Å². The van der Waals surface area contributed by atoms with Crippen molar-refractivity contribution in [3.63, 3.8) is 0 Å². The SMILES string of the molecule is CC.Cc1cc(-c2cn[nH]c2)ncn1. The topological polar surface area (TPSA) is 54.5 Å². The van der Waals surface area contributed by atoms with Gasteiger partial charge in [0.15, 0.2) is 0 Å². The third kappa shape index (κ3) is 2.39. The highest BCUT2D eigenvalue weighted by atomic mass is 15.1. The van der Waals surface area contributed by atoms with E-state index in [-0.39, 0.29) is 0 Å². The van der Waals surface area contributed by atoms with Gasteiger partial charge in [0.25, 0.3) is 0 Å². The zero-order chi connectivity index (χ0) is 10.4. The van der Waals surface area contributed by atoms with Gasteiger partial charge in [0.2, 0.25) is 0 Å². The molecule has 0 aliphatic heterocycles. The predicted octanol–water partition coefficient (Wildman–Crippen LogP) is 2.20. The van der Waals surface area contributed by atoms with E-state index in [0.29, 0.717) is 0 Å². The van der Waals surface area contributed by atoms with E-state index in [0.717, 1.165) is 17.0 Å². The van der Waals surface area contributed by atoms with Crippen LogP contribution in [-0.4, -0.2) is 20.2 Å². The van der Waals surface area contributed by atoms with Crippen molar-refractivity contribution in [1.29, 1.82) is 0 Å². The van der Waals surface area contributed by atoms with Crippen LogP contribution in [-0.2, 0) is 0 Å². The number of aromatic amines is 1. The average Bonchev–Trinajstić information content (AvgIpc) is 2.74. The summed E-state index contributed by atoms with van der Waals surface area (Å²) in [7, 11) is 0. The number of nitrogens with one attached hydrogen (secondary N) is 1. The van der Waals surface area contributed by atoms with Gasteiger partial charge in [-0.1, -0.05) is 13.8 Å². The Morgan fingerprint density at radius 2 is 2.00 bits per heavy atom. The minimum Gasteiger partial charge on any atom is -0.285 e. The molecule has 4 nitrogen and oxygen atoms in total. The molecule has 0 aliphatic rings. The fourth-order valence-corrected chi connectivity index (χ4v) is 1.00. The van der Waals surface area contributed by atoms with Crippen LogP contribution in [0.15, 0.2) is 24.8 Å². The molecule has 0 spiro atoms. The van der Waals surface area contributed by atoms with E-state index in [9.17, 15) is 0 Å². The maximum atomic E-state index is 4.11. The Bertz CT molecular complexity index is 367. The first-order chi connectivity index (χ1) is 6.86. The molecule has 0 fully saturated rings. The van der Waals surface area contributed by atoms with Gasteiger partial charge >= 0.3 is 0 Å². The fourth-order valence-electron chi connectivity index (χ4n) is 1.00. The molecule has 0 unspecified atom stereocenters. The van der Waals surface area contributed by atoms with E-state index in [4.69, 9.17) is 0 Å². The maximum absolute atomic E-state index is 4.11. The van der Waals surface area contributed by atoms with Gasteiger partial charge in [-0.2, -0.15) is 5.10 Å². The molecule has 0 saturated heterocycles. The number of aromatic nitrogens is 4. The molecule has 0 radical (unpaired) electrons. The Kier molecular flexibility index (Phi) is 3.79. The molecule has 2 aromatic rings. The average molecular weight is 190 g/mol. The highest BCUT2D eigenvalue weighted by molar-refractivity contribution is 5.56. The number of hydrogen-bond donors (Lipinski definition) is 1. The molecule has 2 aromatic heterocycles. The number of H-pyrrole nitrogens is 1. The quantitative estimate of drug-likeness (QED) is 0.750. The summed E-state index contributed by atoms with van der Waals surface area (Å²) < 4.78 is 0. The lowest BCUT2D eigenvalue weighted by molar-refractivity contribution is 1.09. The smallest absolute Gasteiger partial charge is 0.116 e. The van der Waals surface area contributed by atoms with Gasteiger partial charge in [-0.05, 0) is 13.0 Å². The van der Waals surface area contributed by atoms with Gasteiger partial charge in [0.1, 0.15) is 6.33 Å². The first-order valence-electron chi connectivity index (χ1n) is 4.64. The summed E-state index contributed by atoms with van der Waals surface area (Å²) in [6, 6.07) is 1.92. The normalized spacial score (nSPS) is 9.07. The van der Waals surface area contributed by atoms with Crippen molar-refractivity contribution >= 4 is 0 Å². The van der Waals surface area contributed by atoms with Crippen molar-refractivity contribution in [2.75, 3.05) is 0 Å². The molecule has 0 aliphatic carbocycles. The Labute approximate surface area is 83.4 Å². The molecule has 2 heterocycles. The first-order valence-corrected chi connectivity index (χ1v) is 4.64. The van der Waals surface area contributed by atoms with E-state index in [2.05, 4.69) is 20.2 Å². The monoisotopic (exact) mass is 190 g/mol. The van der Waals surface area contributed by atoms with Crippen LogP contribution in [0, 0.1) is 6.92 Å². The van der Waals surface area contributed by atoms with Crippen LogP contribution in [0.2, 0.25) is 0 Å². The summed E-state index contributed by atoms with van der Waals surface area (Å²) in [6.45, 7) is 5.94. The molecule has 4 heteroatoms. The summed E-state index contributed by atoms with van der Waals surface area (Å²) in [4.78, 5) is 8.12. The van der Waals surface area contributed by atoms with Crippen molar-refractivity contribution in [1.82, 2.24) is 20.2 Å². The predicted molar refractivity (Wildman–Crippen MR) is 55.7 cm³/mol. The minimum atomic E-state index is 0.899. The second-order valence-corrected chi connectivity index (χ2v) is 2.53. The Morgan fingerprint density at radius 3 is 2.57 bits per heavy atom. The molecule has 0 amide bonds. The summed E-state index contributed by atoms with van der Waals surface area (Å²) in [5, 5.41) is 6.58. The largest absolute Gasteiger partial charge is 0.285 e. The summed E-state index contributed by atoms with van der Waals surface area (Å²) >= 11 is 0. The molecule has 14 heavy (non-hydrogen) atoms. The van der Waals surface area contributed by atoms with Gasteiger partial charge in [-0.25, -0.2) is 9.97 Å². The van der Waals surface area contributed by atoms with Gasteiger partial charge in [-0.15, -0.1) is 0 Å². The first kappa shape index (κ1) is 10.4. The van der Waals surface area contributed by atoms with Crippen LogP contribution in [0.25, 0.3) is 11.3 Å². The number of nitrogens with zero attached hydrogens (tertiary/aromatic N) is 3. The van der Waals surface area contributed by atoms with E-state index in [1.165, 1.54) is 0 Å². The second kappa shape index (κ2) is 5.11. The van der Waals surface area contributed by atoms with Gasteiger partial charge in [0.05, 0.1) is 11.9 Å². The van der Waals surface area contributed by atoms with Crippen LogP contribution in [0.5, 0.6) is 0 Å². The van der Waals surface area contributed by atoms with Crippen molar-refractivity contribution in [3.05, 3.63) is 30.5 Å². The zero-order valence-corrected chi connectivity index (χ0v) is 8.65. The molecular weight excluding hydrogens is 176 g/mol. The van der Waals surface area contributed by atoms with Crippen molar-refractivity contribution in [2.45, 2.75) is 20.8 Å². The van der Waals surface area contributed by atoms with Crippen LogP contribution in [0.4, 0.5) is 0 Å². The molecule has 0 bridgehead atoms. The standard InChI is InChI=1S/C8H8N4.C2H6/c1-6-2-8(10-5-9-6)7-3-11-12-4-7;1-2/h2-5H,1H3,(H,11,12);1-2H3. The maximum Gasteiger partial charge on any atom is 0.116 e. The lowest BCUT2D eigenvalue weighted by Gasteiger charge is -1.95. The van der Waals surface area contributed by atoms with Gasteiger partial charge < -0.3 is 0 Å². The highest BCUT2D eigenvalue weighted by Gasteiger charge is 1.99. The second-order valence-electron chi connectivity index (χ2n) is 2.53. The van der Waals surface area contributed by atoms with E-state index in [1.807, 2.05) is 33.0 Å². The summed E-state index contributed by atoms with van der Waals surface area (Å²) in [5.41, 5.74) is 2.85. The molecular formula is C10H14N4. The van der Waals surface area contributed by atoms with Crippen molar-refractivity contribution in [3.8, 4) is 11.3 Å². The van der Waals surface area contributed by atoms with Crippen molar-refractivity contribution in [2.24, 2.45) is 0 Å². The molecule has 1 N–H and O–H groups in total. The third-order valence-corrected chi connectivity index (χ3v) is 1.60. The molecule has 0 aromatic carbocycles. The third-order valence-electron chi connectivity index (χ3n) is 1.60. The molecule has 74 valence electrons. The Morgan fingerprint density at radius 1 is 1.21 bits per heavy atom. The molecule has 2 rings (SSSR count). The minimum absolute atomic E-state index is 0.899. The van der Waals surface area contributed by atoms with Crippen LogP contribution in [0.3, 0.4) is 0 Å². The molecule has 0 atom stereocenters. The fraction of sp³-hybridized carbons (Fsp3) is 0.300. The van der Waals surface area contributed by atoms with E-state index in [1.54, 1.807) is 12.5 Å². The number of aryl methyl sites for hydroxylation is 1. The lowest BCUT2D eigenvalue weighted by atomic mass is 10.2. The summed E-state index contributed by atoms with van der Waals surface area (Å²) in [5.74, 6) is 0. The van der Waals surface area contributed by atoms with Gasteiger partial charge in [-0.3, -0.25) is 5.10 Å². The number of hydrogen-bond acceptors (Lipinski definition) is 3. The van der Waals surface area contributed by atoms with Crippen LogP contribution >= 0.6 is 0 Å². The van der Waals surface area contributed by atoms with E-state index < -0.39 is 0 Å².